The largest absolute Gasteiger partial charge is 0.481 e. The summed E-state index contributed by atoms with van der Waals surface area (Å²) in [7, 11) is 1.65. The molecule has 5 nitrogen and oxygen atoms in total. The summed E-state index contributed by atoms with van der Waals surface area (Å²) in [6.07, 6.45) is 1.91. The Kier molecular flexibility index (Phi) is 5.49. The third-order valence-electron chi connectivity index (χ3n) is 3.51. The number of hydrogen-bond donors (Lipinski definition) is 1. The van der Waals surface area contributed by atoms with Crippen LogP contribution in [0.25, 0.3) is 10.2 Å². The van der Waals surface area contributed by atoms with Crippen LogP contribution < -0.4 is 0 Å². The van der Waals surface area contributed by atoms with Crippen LogP contribution >= 0.6 is 11.3 Å². The van der Waals surface area contributed by atoms with Crippen LogP contribution in [0.2, 0.25) is 0 Å². The molecule has 1 unspecified atom stereocenters. The molecule has 0 aliphatic carbocycles. The van der Waals surface area contributed by atoms with Crippen molar-refractivity contribution in [3.05, 3.63) is 29.3 Å². The Morgan fingerprint density at radius 2 is 2.09 bits per heavy atom. The average molecular weight is 320 g/mol. The number of carboxylic acid groups (broad SMARTS) is 1. The summed E-state index contributed by atoms with van der Waals surface area (Å²) in [4.78, 5) is 28.8. The number of carboxylic acids is 1. The van der Waals surface area contributed by atoms with Crippen LogP contribution in [0.15, 0.2) is 24.3 Å². The lowest BCUT2D eigenvalue weighted by molar-refractivity contribution is -0.142. The quantitative estimate of drug-likeness (QED) is 0.851. The fourth-order valence-corrected chi connectivity index (χ4v) is 3.21. The monoisotopic (exact) mass is 320 g/mol. The maximum atomic E-state index is 12.0. The fraction of sp³-hybridized carbons (Fsp3) is 0.438. The second kappa shape index (κ2) is 7.35. The van der Waals surface area contributed by atoms with Crippen molar-refractivity contribution >= 4 is 33.4 Å². The minimum atomic E-state index is -0.880. The smallest absolute Gasteiger partial charge is 0.308 e. The topological polar surface area (TPSA) is 70.5 Å². The molecule has 1 N–H and O–H groups in total. The number of aromatic nitrogens is 1. The number of aryl methyl sites for hydroxylation is 1. The van der Waals surface area contributed by atoms with Crippen LogP contribution in [0, 0.1) is 5.92 Å². The molecule has 0 aliphatic heterocycles. The number of hydrogen-bond acceptors (Lipinski definition) is 4. The van der Waals surface area contributed by atoms with Crippen molar-refractivity contribution in [2.24, 2.45) is 5.92 Å². The number of carbonyl (C=O) groups excluding carboxylic acids is 1. The van der Waals surface area contributed by atoms with Gasteiger partial charge in [0.25, 0.3) is 0 Å². The molecule has 118 valence electrons. The SMILES string of the molecule is CC(CN(C)C(=O)CCCc1nc2ccccc2s1)C(=O)O. The van der Waals surface area contributed by atoms with Gasteiger partial charge in [0.15, 0.2) is 0 Å². The summed E-state index contributed by atoms with van der Waals surface area (Å²) in [5.41, 5.74) is 1.00. The number of rotatable bonds is 7. The number of carbonyl (C=O) groups is 2. The number of thiazole rings is 1. The first kappa shape index (κ1) is 16.4. The van der Waals surface area contributed by atoms with Crippen LogP contribution in [0.5, 0.6) is 0 Å². The molecular weight excluding hydrogens is 300 g/mol. The van der Waals surface area contributed by atoms with Crippen molar-refractivity contribution in [3.63, 3.8) is 0 Å². The van der Waals surface area contributed by atoms with Gasteiger partial charge in [-0.05, 0) is 25.0 Å². The molecule has 0 bridgehead atoms. The van der Waals surface area contributed by atoms with Crippen molar-refractivity contribution < 1.29 is 14.7 Å². The van der Waals surface area contributed by atoms with Gasteiger partial charge in [0.1, 0.15) is 0 Å². The molecule has 22 heavy (non-hydrogen) atoms. The molecular formula is C16H20N2O3S. The van der Waals surface area contributed by atoms with E-state index in [1.54, 1.807) is 25.3 Å². The molecule has 0 aliphatic rings. The van der Waals surface area contributed by atoms with Gasteiger partial charge in [-0.25, -0.2) is 4.98 Å². The Morgan fingerprint density at radius 3 is 2.77 bits per heavy atom. The first-order chi connectivity index (χ1) is 10.5. The average Bonchev–Trinajstić information content (AvgIpc) is 2.89. The second-order valence-corrected chi connectivity index (χ2v) is 6.56. The zero-order valence-corrected chi connectivity index (χ0v) is 13.6. The van der Waals surface area contributed by atoms with Crippen LogP contribution in [0.1, 0.15) is 24.8 Å². The third-order valence-corrected chi connectivity index (χ3v) is 4.61. The highest BCUT2D eigenvalue weighted by Gasteiger charge is 2.17. The van der Waals surface area contributed by atoms with Crippen molar-refractivity contribution in [2.75, 3.05) is 13.6 Å². The lowest BCUT2D eigenvalue weighted by atomic mass is 10.1. The molecule has 0 fully saturated rings. The number of para-hydroxylation sites is 1. The first-order valence-electron chi connectivity index (χ1n) is 7.28. The van der Waals surface area contributed by atoms with Gasteiger partial charge >= 0.3 is 5.97 Å². The highest BCUT2D eigenvalue weighted by molar-refractivity contribution is 7.18. The van der Waals surface area contributed by atoms with E-state index in [1.165, 1.54) is 4.90 Å². The van der Waals surface area contributed by atoms with Gasteiger partial charge in [0, 0.05) is 20.0 Å². The van der Waals surface area contributed by atoms with Crippen molar-refractivity contribution in [1.29, 1.82) is 0 Å². The van der Waals surface area contributed by atoms with E-state index in [9.17, 15) is 9.59 Å². The molecule has 2 rings (SSSR count). The Balaban J connectivity index is 1.80. The van der Waals surface area contributed by atoms with Crippen molar-refractivity contribution in [1.82, 2.24) is 9.88 Å². The van der Waals surface area contributed by atoms with E-state index in [0.717, 1.165) is 28.1 Å². The zero-order valence-electron chi connectivity index (χ0n) is 12.8. The van der Waals surface area contributed by atoms with Gasteiger partial charge in [0.05, 0.1) is 21.1 Å². The summed E-state index contributed by atoms with van der Waals surface area (Å²) in [6, 6.07) is 7.99. The highest BCUT2D eigenvalue weighted by atomic mass is 32.1. The van der Waals surface area contributed by atoms with Crippen LogP contribution in [-0.4, -0.2) is 40.5 Å². The van der Waals surface area contributed by atoms with Gasteiger partial charge in [-0.3, -0.25) is 9.59 Å². The van der Waals surface area contributed by atoms with E-state index < -0.39 is 11.9 Å². The van der Waals surface area contributed by atoms with Gasteiger partial charge in [-0.15, -0.1) is 11.3 Å². The van der Waals surface area contributed by atoms with E-state index in [-0.39, 0.29) is 12.5 Å². The molecule has 0 saturated carbocycles. The van der Waals surface area contributed by atoms with Gasteiger partial charge in [-0.1, -0.05) is 19.1 Å². The second-order valence-electron chi connectivity index (χ2n) is 5.44. The predicted octanol–water partition coefficient (Wildman–Crippen LogP) is 2.80. The Morgan fingerprint density at radius 1 is 1.36 bits per heavy atom. The lowest BCUT2D eigenvalue weighted by Gasteiger charge is -2.19. The Hall–Kier alpha value is -1.95. The number of fused-ring (bicyclic) bond motifs is 1. The number of benzene rings is 1. The maximum Gasteiger partial charge on any atom is 0.308 e. The molecule has 0 saturated heterocycles. The summed E-state index contributed by atoms with van der Waals surface area (Å²) in [5.74, 6) is -1.44. The molecule has 1 amide bonds. The van der Waals surface area contributed by atoms with Crippen LogP contribution in [0.3, 0.4) is 0 Å². The van der Waals surface area contributed by atoms with Crippen molar-refractivity contribution in [2.45, 2.75) is 26.2 Å². The predicted molar refractivity (Wildman–Crippen MR) is 87.0 cm³/mol. The third kappa shape index (κ3) is 4.27. The number of aliphatic carboxylic acids is 1. The highest BCUT2D eigenvalue weighted by Crippen LogP contribution is 2.22. The van der Waals surface area contributed by atoms with Crippen molar-refractivity contribution in [3.8, 4) is 0 Å². The zero-order chi connectivity index (χ0) is 16.1. The Labute approximate surface area is 133 Å². The van der Waals surface area contributed by atoms with Gasteiger partial charge < -0.3 is 10.0 Å². The minimum absolute atomic E-state index is 0.0192. The van der Waals surface area contributed by atoms with E-state index in [1.807, 2.05) is 24.3 Å². The molecule has 1 aromatic carbocycles. The normalized spacial score (nSPS) is 12.3. The summed E-state index contributed by atoms with van der Waals surface area (Å²) in [5, 5.41) is 9.90. The summed E-state index contributed by atoms with van der Waals surface area (Å²) >= 11 is 1.66. The molecule has 1 atom stereocenters. The number of nitrogens with zero attached hydrogens (tertiary/aromatic N) is 2. The van der Waals surface area contributed by atoms with E-state index in [4.69, 9.17) is 5.11 Å². The molecule has 0 spiro atoms. The summed E-state index contributed by atoms with van der Waals surface area (Å²) in [6.45, 7) is 1.85. The lowest BCUT2D eigenvalue weighted by Crippen LogP contribution is -2.33. The molecule has 1 heterocycles. The fourth-order valence-electron chi connectivity index (χ4n) is 2.20. The van der Waals surface area contributed by atoms with E-state index >= 15 is 0 Å². The van der Waals surface area contributed by atoms with E-state index in [0.29, 0.717) is 6.42 Å². The standard InChI is InChI=1S/C16H20N2O3S/c1-11(16(20)21)10-18(2)15(19)9-5-8-14-17-12-6-3-4-7-13(12)22-14/h3-4,6-7,11H,5,8-10H2,1-2H3,(H,20,21). The summed E-state index contributed by atoms with van der Waals surface area (Å²) < 4.78 is 1.16. The molecule has 2 aromatic rings. The molecule has 6 heteroatoms. The minimum Gasteiger partial charge on any atom is -0.481 e. The maximum absolute atomic E-state index is 12.0. The number of amides is 1. The van der Waals surface area contributed by atoms with E-state index in [2.05, 4.69) is 4.98 Å². The van der Waals surface area contributed by atoms with Gasteiger partial charge in [-0.2, -0.15) is 0 Å². The van der Waals surface area contributed by atoms with Crippen LogP contribution in [0.4, 0.5) is 0 Å². The van der Waals surface area contributed by atoms with Gasteiger partial charge in [0.2, 0.25) is 5.91 Å². The van der Waals surface area contributed by atoms with Crippen LogP contribution in [-0.2, 0) is 16.0 Å². The first-order valence-corrected chi connectivity index (χ1v) is 8.10. The molecule has 1 aromatic heterocycles. The Bertz CT molecular complexity index is 635. The molecule has 0 radical (unpaired) electrons.